The van der Waals surface area contributed by atoms with E-state index in [2.05, 4.69) is 10.1 Å². The molecule has 0 saturated carbocycles. The number of nitrogens with zero attached hydrogens (tertiary/aromatic N) is 2. The molecule has 1 rings (SSSR count). The van der Waals surface area contributed by atoms with Crippen molar-refractivity contribution in [3.63, 3.8) is 0 Å². The third-order valence-electron chi connectivity index (χ3n) is 2.31. The Morgan fingerprint density at radius 3 is 2.78 bits per heavy atom. The van der Waals surface area contributed by atoms with Crippen LogP contribution >= 0.6 is 0 Å². The van der Waals surface area contributed by atoms with Crippen LogP contribution in [0.25, 0.3) is 0 Å². The van der Waals surface area contributed by atoms with E-state index in [9.17, 15) is 10.2 Å². The van der Waals surface area contributed by atoms with Gasteiger partial charge in [0, 0.05) is 18.4 Å². The molecule has 0 radical (unpaired) electrons. The fourth-order valence-electron chi connectivity index (χ4n) is 1.35. The van der Waals surface area contributed by atoms with E-state index in [1.807, 2.05) is 6.92 Å². The summed E-state index contributed by atoms with van der Waals surface area (Å²) >= 11 is 0. The van der Waals surface area contributed by atoms with Crippen LogP contribution in [-0.4, -0.2) is 39.3 Å². The summed E-state index contributed by atoms with van der Waals surface area (Å²) in [5, 5.41) is 31.0. The fraction of sp³-hybridized carbons (Fsp3) is 0.500. The summed E-state index contributed by atoms with van der Waals surface area (Å²) < 4.78 is 5.26. The molecule has 0 fully saturated rings. The second kappa shape index (κ2) is 6.44. The first-order valence-electron chi connectivity index (χ1n) is 5.69. The van der Waals surface area contributed by atoms with Crippen molar-refractivity contribution in [1.82, 2.24) is 4.98 Å². The number of hydrogen-bond acceptors (Lipinski definition) is 6. The van der Waals surface area contributed by atoms with E-state index in [4.69, 9.17) is 9.94 Å². The Hall–Kier alpha value is -1.50. The number of hydrogen-bond donors (Lipinski definition) is 3. The summed E-state index contributed by atoms with van der Waals surface area (Å²) in [6.45, 7) is 3.89. The van der Waals surface area contributed by atoms with Gasteiger partial charge in [0.25, 0.3) is 0 Å². The van der Waals surface area contributed by atoms with Crippen molar-refractivity contribution in [3.05, 3.63) is 29.6 Å². The molecule has 1 heterocycles. The first-order chi connectivity index (χ1) is 8.49. The SMILES string of the molecule is CCCOC/C(=N\O)c1cc(C(C)(O)O)ccn1. The molecule has 18 heavy (non-hydrogen) atoms. The predicted molar refractivity (Wildman–Crippen MR) is 65.5 cm³/mol. The Morgan fingerprint density at radius 1 is 1.50 bits per heavy atom. The molecule has 0 saturated heterocycles. The first-order valence-corrected chi connectivity index (χ1v) is 5.69. The maximum Gasteiger partial charge on any atom is 0.186 e. The van der Waals surface area contributed by atoms with Crippen molar-refractivity contribution in [2.75, 3.05) is 13.2 Å². The van der Waals surface area contributed by atoms with Gasteiger partial charge in [-0.25, -0.2) is 0 Å². The van der Waals surface area contributed by atoms with Crippen LogP contribution in [0, 0.1) is 0 Å². The third-order valence-corrected chi connectivity index (χ3v) is 2.31. The molecule has 100 valence electrons. The minimum atomic E-state index is -1.96. The Bertz CT molecular complexity index is 413. The summed E-state index contributed by atoms with van der Waals surface area (Å²) in [5.74, 6) is -1.96. The molecule has 6 nitrogen and oxygen atoms in total. The van der Waals surface area contributed by atoms with Gasteiger partial charge in [0.1, 0.15) is 5.71 Å². The van der Waals surface area contributed by atoms with Crippen LogP contribution in [0.15, 0.2) is 23.5 Å². The van der Waals surface area contributed by atoms with Crippen LogP contribution in [0.4, 0.5) is 0 Å². The van der Waals surface area contributed by atoms with Crippen LogP contribution in [0.1, 0.15) is 31.5 Å². The zero-order valence-corrected chi connectivity index (χ0v) is 10.5. The van der Waals surface area contributed by atoms with Crippen LogP contribution < -0.4 is 0 Å². The summed E-state index contributed by atoms with van der Waals surface area (Å²) in [6.07, 6.45) is 2.28. The number of aliphatic hydroxyl groups is 2. The van der Waals surface area contributed by atoms with Crippen molar-refractivity contribution >= 4 is 5.71 Å². The lowest BCUT2D eigenvalue weighted by atomic mass is 10.1. The van der Waals surface area contributed by atoms with E-state index >= 15 is 0 Å². The second-order valence-corrected chi connectivity index (χ2v) is 4.05. The molecule has 1 aromatic heterocycles. The maximum absolute atomic E-state index is 9.48. The molecule has 1 aromatic rings. The van der Waals surface area contributed by atoms with Crippen LogP contribution in [0.3, 0.4) is 0 Å². The van der Waals surface area contributed by atoms with Gasteiger partial charge in [-0.3, -0.25) is 4.98 Å². The van der Waals surface area contributed by atoms with E-state index in [-0.39, 0.29) is 17.9 Å². The largest absolute Gasteiger partial charge is 0.411 e. The van der Waals surface area contributed by atoms with E-state index in [1.54, 1.807) is 0 Å². The molecule has 6 heteroatoms. The predicted octanol–water partition coefficient (Wildman–Crippen LogP) is 0.844. The number of pyridine rings is 1. The topological polar surface area (TPSA) is 95.2 Å². The van der Waals surface area contributed by atoms with Crippen molar-refractivity contribution < 1.29 is 20.2 Å². The highest BCUT2D eigenvalue weighted by atomic mass is 16.5. The molecule has 0 aliphatic rings. The monoisotopic (exact) mass is 254 g/mol. The average molecular weight is 254 g/mol. The Labute approximate surface area is 106 Å². The molecule has 0 aliphatic heterocycles. The summed E-state index contributed by atoms with van der Waals surface area (Å²) in [7, 11) is 0. The van der Waals surface area contributed by atoms with Crippen LogP contribution in [0.5, 0.6) is 0 Å². The normalized spacial score (nSPS) is 12.8. The molecule has 0 spiro atoms. The molecule has 0 bridgehead atoms. The number of oxime groups is 1. The lowest BCUT2D eigenvalue weighted by molar-refractivity contribution is -0.152. The smallest absolute Gasteiger partial charge is 0.186 e. The zero-order chi connectivity index (χ0) is 13.6. The van der Waals surface area contributed by atoms with Gasteiger partial charge in [0.05, 0.1) is 12.3 Å². The molecular weight excluding hydrogens is 236 g/mol. The molecular formula is C12H18N2O4. The van der Waals surface area contributed by atoms with Gasteiger partial charge in [-0.05, 0) is 25.5 Å². The Balaban J connectivity index is 2.87. The highest BCUT2D eigenvalue weighted by Gasteiger charge is 2.20. The van der Waals surface area contributed by atoms with Gasteiger partial charge in [0.15, 0.2) is 5.79 Å². The molecule has 0 aliphatic carbocycles. The second-order valence-electron chi connectivity index (χ2n) is 4.05. The average Bonchev–Trinajstić information content (AvgIpc) is 2.34. The van der Waals surface area contributed by atoms with E-state index in [0.717, 1.165) is 6.42 Å². The molecule has 0 unspecified atom stereocenters. The van der Waals surface area contributed by atoms with Gasteiger partial charge in [-0.1, -0.05) is 12.1 Å². The summed E-state index contributed by atoms with van der Waals surface area (Å²) in [5.41, 5.74) is 0.860. The highest BCUT2D eigenvalue weighted by Crippen LogP contribution is 2.17. The number of rotatable bonds is 6. The van der Waals surface area contributed by atoms with Gasteiger partial charge in [-0.15, -0.1) is 0 Å². The maximum atomic E-state index is 9.48. The van der Waals surface area contributed by atoms with Gasteiger partial charge in [0.2, 0.25) is 0 Å². The van der Waals surface area contributed by atoms with E-state index in [0.29, 0.717) is 12.3 Å². The Morgan fingerprint density at radius 2 is 2.22 bits per heavy atom. The van der Waals surface area contributed by atoms with Crippen molar-refractivity contribution in [2.24, 2.45) is 5.16 Å². The third kappa shape index (κ3) is 4.06. The van der Waals surface area contributed by atoms with E-state index < -0.39 is 5.79 Å². The van der Waals surface area contributed by atoms with Crippen molar-refractivity contribution in [1.29, 1.82) is 0 Å². The van der Waals surface area contributed by atoms with Crippen molar-refractivity contribution in [3.8, 4) is 0 Å². The van der Waals surface area contributed by atoms with Gasteiger partial charge >= 0.3 is 0 Å². The first kappa shape index (κ1) is 14.6. The fourth-order valence-corrected chi connectivity index (χ4v) is 1.35. The molecule has 0 amide bonds. The zero-order valence-electron chi connectivity index (χ0n) is 10.5. The number of aromatic nitrogens is 1. The lowest BCUT2D eigenvalue weighted by Gasteiger charge is -2.16. The Kier molecular flexibility index (Phi) is 5.21. The molecule has 0 aromatic carbocycles. The van der Waals surface area contributed by atoms with Crippen LogP contribution in [0.2, 0.25) is 0 Å². The van der Waals surface area contributed by atoms with E-state index in [1.165, 1.54) is 25.3 Å². The standard InChI is InChI=1S/C12H18N2O4/c1-3-6-18-8-11(14-17)10-7-9(4-5-13-10)12(2,15)16/h4-5,7,15-17H,3,6,8H2,1-2H3/b14-11+. The number of ether oxygens (including phenoxy) is 1. The van der Waals surface area contributed by atoms with Crippen molar-refractivity contribution in [2.45, 2.75) is 26.1 Å². The molecule has 3 N–H and O–H groups in total. The summed E-state index contributed by atoms with van der Waals surface area (Å²) in [6, 6.07) is 2.93. The minimum absolute atomic E-state index is 0.119. The highest BCUT2D eigenvalue weighted by molar-refractivity contribution is 5.99. The van der Waals surface area contributed by atoms with Crippen LogP contribution in [-0.2, 0) is 10.5 Å². The quantitative estimate of drug-likeness (QED) is 0.230. The summed E-state index contributed by atoms with van der Waals surface area (Å²) in [4.78, 5) is 4.01. The molecule has 0 atom stereocenters. The lowest BCUT2D eigenvalue weighted by Crippen LogP contribution is -2.21. The van der Waals surface area contributed by atoms with Gasteiger partial charge in [-0.2, -0.15) is 0 Å². The van der Waals surface area contributed by atoms with Gasteiger partial charge < -0.3 is 20.2 Å². The minimum Gasteiger partial charge on any atom is -0.411 e.